The van der Waals surface area contributed by atoms with Crippen molar-refractivity contribution in [1.82, 2.24) is 0 Å². The number of methoxy groups -OCH3 is 1. The van der Waals surface area contributed by atoms with E-state index < -0.39 is 0 Å². The van der Waals surface area contributed by atoms with E-state index in [1.807, 2.05) is 6.08 Å². The molecule has 4 rings (SSSR count). The molecule has 0 spiro atoms. The van der Waals surface area contributed by atoms with E-state index in [2.05, 4.69) is 39.8 Å². The highest BCUT2D eigenvalue weighted by molar-refractivity contribution is 6.01. The molecule has 0 aromatic rings. The van der Waals surface area contributed by atoms with Crippen LogP contribution in [0.1, 0.15) is 47.0 Å². The molecule has 146 valence electrons. The number of Topliss-reactive ketones (excluding diaryl/α,β-unsaturated/α-hetero) is 1. The summed E-state index contributed by atoms with van der Waals surface area (Å²) in [5, 5.41) is 0. The fraction of sp³-hybridized carbons (Fsp3) is 0.667. The van der Waals surface area contributed by atoms with E-state index >= 15 is 0 Å². The van der Waals surface area contributed by atoms with Crippen LogP contribution < -0.4 is 0 Å². The molecule has 3 heteroatoms. The van der Waals surface area contributed by atoms with Gasteiger partial charge in [0.05, 0.1) is 0 Å². The summed E-state index contributed by atoms with van der Waals surface area (Å²) in [4.78, 5) is 24.9. The fourth-order valence-electron chi connectivity index (χ4n) is 7.21. The Hall–Kier alpha value is -1.48. The molecule has 4 aliphatic carbocycles. The molecule has 0 aromatic carbocycles. The lowest BCUT2D eigenvalue weighted by atomic mass is 9.50. The summed E-state index contributed by atoms with van der Waals surface area (Å²) in [6, 6.07) is 0. The van der Waals surface area contributed by atoms with Gasteiger partial charge in [0.25, 0.3) is 0 Å². The minimum atomic E-state index is -0.130. The number of ketones is 2. The van der Waals surface area contributed by atoms with E-state index in [0.29, 0.717) is 23.7 Å². The Balaban J connectivity index is 1.75. The van der Waals surface area contributed by atoms with Crippen molar-refractivity contribution in [2.75, 3.05) is 13.7 Å². The van der Waals surface area contributed by atoms with Crippen LogP contribution in [0.15, 0.2) is 35.5 Å². The molecule has 2 fully saturated rings. The van der Waals surface area contributed by atoms with Crippen LogP contribution >= 0.6 is 0 Å². The van der Waals surface area contributed by atoms with Crippen molar-refractivity contribution in [3.63, 3.8) is 0 Å². The maximum Gasteiger partial charge on any atom is 0.178 e. The van der Waals surface area contributed by atoms with E-state index in [-0.39, 0.29) is 34.9 Å². The first-order valence-electron chi connectivity index (χ1n) is 10.4. The van der Waals surface area contributed by atoms with Crippen LogP contribution in [0.5, 0.6) is 0 Å². The van der Waals surface area contributed by atoms with E-state index in [1.54, 1.807) is 13.2 Å². The molecule has 0 aliphatic heterocycles. The van der Waals surface area contributed by atoms with E-state index in [1.165, 1.54) is 11.1 Å². The van der Waals surface area contributed by atoms with Gasteiger partial charge < -0.3 is 4.74 Å². The lowest BCUT2D eigenvalue weighted by Gasteiger charge is -2.54. The molecule has 7 atom stereocenters. The number of fused-ring (bicyclic) bond motifs is 5. The van der Waals surface area contributed by atoms with Gasteiger partial charge in [-0.2, -0.15) is 0 Å². The lowest BCUT2D eigenvalue weighted by molar-refractivity contribution is -0.132. The van der Waals surface area contributed by atoms with E-state index in [0.717, 1.165) is 19.3 Å². The Bertz CT molecular complexity index is 772. The fourth-order valence-corrected chi connectivity index (χ4v) is 7.21. The number of rotatable bonds is 3. The van der Waals surface area contributed by atoms with Gasteiger partial charge in [0.15, 0.2) is 11.6 Å². The molecule has 0 amide bonds. The molecule has 27 heavy (non-hydrogen) atoms. The summed E-state index contributed by atoms with van der Waals surface area (Å²) in [5.41, 5.74) is 2.66. The minimum absolute atomic E-state index is 0.0225. The largest absolute Gasteiger partial charge is 0.377 e. The third-order valence-electron chi connectivity index (χ3n) is 8.25. The Morgan fingerprint density at radius 2 is 1.96 bits per heavy atom. The van der Waals surface area contributed by atoms with Gasteiger partial charge >= 0.3 is 0 Å². The third kappa shape index (κ3) is 2.57. The zero-order valence-corrected chi connectivity index (χ0v) is 17.2. The van der Waals surface area contributed by atoms with E-state index in [4.69, 9.17) is 4.74 Å². The van der Waals surface area contributed by atoms with E-state index in [9.17, 15) is 9.59 Å². The Kier molecular flexibility index (Phi) is 4.38. The maximum absolute atomic E-state index is 12.9. The number of hydrogen-bond acceptors (Lipinski definition) is 3. The Morgan fingerprint density at radius 3 is 2.67 bits per heavy atom. The summed E-state index contributed by atoms with van der Waals surface area (Å²) in [6.45, 7) is 9.37. The van der Waals surface area contributed by atoms with Gasteiger partial charge in [-0.15, -0.1) is 0 Å². The van der Waals surface area contributed by atoms with Crippen molar-refractivity contribution >= 4 is 11.6 Å². The summed E-state index contributed by atoms with van der Waals surface area (Å²) in [5.74, 6) is 2.31. The Labute approximate surface area is 162 Å². The molecular formula is C24H32O3. The molecule has 0 saturated heterocycles. The maximum atomic E-state index is 12.9. The van der Waals surface area contributed by atoms with Crippen LogP contribution in [0.2, 0.25) is 0 Å². The van der Waals surface area contributed by atoms with Crippen molar-refractivity contribution in [1.29, 1.82) is 0 Å². The normalized spacial score (nSPS) is 45.5. The van der Waals surface area contributed by atoms with Crippen LogP contribution in [0.4, 0.5) is 0 Å². The standard InChI is InChI=1S/C24H32O3/c1-14-10-17-18(23(3)8-6-16(25)12-19(14)23)7-9-24(4)20(17)11-15(2)22(24)21(26)13-27-5/h6-8,12,14-15,17,20,22H,9-11,13H2,1-5H3/t14-,15+,17?,20?,22+,23+,24-/m0/s1. The Morgan fingerprint density at radius 1 is 1.22 bits per heavy atom. The number of carbonyl (C=O) groups excluding carboxylic acids is 2. The molecule has 0 bridgehead atoms. The number of ether oxygens (including phenoxy) is 1. The highest BCUT2D eigenvalue weighted by atomic mass is 16.5. The second kappa shape index (κ2) is 6.27. The van der Waals surface area contributed by atoms with Crippen molar-refractivity contribution in [2.24, 2.45) is 40.4 Å². The summed E-state index contributed by atoms with van der Waals surface area (Å²) < 4.78 is 5.20. The van der Waals surface area contributed by atoms with Gasteiger partial charge in [-0.25, -0.2) is 0 Å². The molecule has 0 aromatic heterocycles. The topological polar surface area (TPSA) is 43.4 Å². The van der Waals surface area contributed by atoms with Crippen LogP contribution in [-0.4, -0.2) is 25.3 Å². The van der Waals surface area contributed by atoms with Gasteiger partial charge in [-0.1, -0.05) is 38.5 Å². The zero-order valence-electron chi connectivity index (χ0n) is 17.2. The highest BCUT2D eigenvalue weighted by Gasteiger charge is 2.59. The molecule has 2 unspecified atom stereocenters. The second-order valence-corrected chi connectivity index (χ2v) is 9.85. The number of carbonyl (C=O) groups is 2. The smallest absolute Gasteiger partial charge is 0.178 e. The zero-order chi connectivity index (χ0) is 19.6. The monoisotopic (exact) mass is 368 g/mol. The minimum Gasteiger partial charge on any atom is -0.377 e. The molecule has 0 heterocycles. The van der Waals surface area contributed by atoms with Gasteiger partial charge in [0.2, 0.25) is 0 Å². The average Bonchev–Trinajstić information content (AvgIpc) is 2.87. The first-order chi connectivity index (χ1) is 12.7. The number of allylic oxidation sites excluding steroid dienone is 6. The van der Waals surface area contributed by atoms with Crippen LogP contribution in [0.25, 0.3) is 0 Å². The van der Waals surface area contributed by atoms with Gasteiger partial charge in [-0.3, -0.25) is 9.59 Å². The SMILES string of the molecule is COCC(=O)[C@H]1[C@H](C)CC2C3C[C@H](C)C4=CC(=O)C=C[C@]4(C)C3=CC[C@@]21C. The third-order valence-corrected chi connectivity index (χ3v) is 8.25. The summed E-state index contributed by atoms with van der Waals surface area (Å²) in [6.07, 6.45) is 11.3. The van der Waals surface area contributed by atoms with Gasteiger partial charge in [-0.05, 0) is 73.0 Å². The van der Waals surface area contributed by atoms with Crippen LogP contribution in [-0.2, 0) is 14.3 Å². The lowest BCUT2D eigenvalue weighted by Crippen LogP contribution is -2.47. The van der Waals surface area contributed by atoms with Crippen molar-refractivity contribution in [3.8, 4) is 0 Å². The highest BCUT2D eigenvalue weighted by Crippen LogP contribution is 2.65. The predicted molar refractivity (Wildman–Crippen MR) is 106 cm³/mol. The predicted octanol–water partition coefficient (Wildman–Crippen LogP) is 4.54. The molecule has 2 saturated carbocycles. The van der Waals surface area contributed by atoms with Crippen molar-refractivity contribution < 1.29 is 14.3 Å². The first kappa shape index (κ1) is 18.9. The summed E-state index contributed by atoms with van der Waals surface area (Å²) >= 11 is 0. The van der Waals surface area contributed by atoms with Gasteiger partial charge in [0.1, 0.15) is 6.61 Å². The molecule has 0 radical (unpaired) electrons. The molecule has 0 N–H and O–H groups in total. The average molecular weight is 369 g/mol. The van der Waals surface area contributed by atoms with Gasteiger partial charge in [0, 0.05) is 18.4 Å². The van der Waals surface area contributed by atoms with Crippen LogP contribution in [0, 0.1) is 40.4 Å². The van der Waals surface area contributed by atoms with Crippen molar-refractivity contribution in [2.45, 2.75) is 47.0 Å². The molecule has 4 aliphatic rings. The molecule has 3 nitrogen and oxygen atoms in total. The quantitative estimate of drug-likeness (QED) is 0.687. The first-order valence-corrected chi connectivity index (χ1v) is 10.4. The second-order valence-electron chi connectivity index (χ2n) is 9.85. The molecular weight excluding hydrogens is 336 g/mol. The summed E-state index contributed by atoms with van der Waals surface area (Å²) in [7, 11) is 1.62. The van der Waals surface area contributed by atoms with Crippen molar-refractivity contribution in [3.05, 3.63) is 35.5 Å². The number of hydrogen-bond donors (Lipinski definition) is 0. The van der Waals surface area contributed by atoms with Crippen LogP contribution in [0.3, 0.4) is 0 Å².